The number of amides is 2. The standard InChI is InChI=1S/C29H37NO6/c1-5-35-27(33)24-19-23(26(32)30(24)28(34)36-29(2,3)4)25(31)18-12-17-22(20-13-8-6-9-14-20)21-15-10-7-11-16-21/h6-11,13-16,22-25,31H,5,12,17-19H2,1-4H3/t23?,24-,25?/m0/s1. The van der Waals surface area contributed by atoms with E-state index in [9.17, 15) is 19.5 Å². The molecule has 1 heterocycles. The molecule has 1 N–H and O–H groups in total. The Bertz CT molecular complexity index is 978. The molecule has 0 aromatic heterocycles. The summed E-state index contributed by atoms with van der Waals surface area (Å²) in [6.45, 7) is 6.85. The number of aliphatic hydroxyl groups is 1. The zero-order valence-corrected chi connectivity index (χ0v) is 21.6. The number of imide groups is 1. The van der Waals surface area contributed by atoms with Crippen LogP contribution in [-0.4, -0.2) is 52.3 Å². The fourth-order valence-electron chi connectivity index (χ4n) is 4.70. The number of carbonyl (C=O) groups is 3. The van der Waals surface area contributed by atoms with Gasteiger partial charge in [0.05, 0.1) is 18.6 Å². The molecule has 0 spiro atoms. The highest BCUT2D eigenvalue weighted by Crippen LogP contribution is 2.34. The molecule has 2 amide bonds. The molecule has 7 nitrogen and oxygen atoms in total. The first-order chi connectivity index (χ1) is 17.1. The largest absolute Gasteiger partial charge is 0.464 e. The summed E-state index contributed by atoms with van der Waals surface area (Å²) in [4.78, 5) is 39.3. The lowest BCUT2D eigenvalue weighted by Crippen LogP contribution is -2.46. The van der Waals surface area contributed by atoms with E-state index in [0.29, 0.717) is 12.8 Å². The van der Waals surface area contributed by atoms with Gasteiger partial charge in [-0.05, 0) is 64.5 Å². The number of nitrogens with zero attached hydrogens (tertiary/aromatic N) is 1. The summed E-state index contributed by atoms with van der Waals surface area (Å²) in [5.74, 6) is -1.99. The first-order valence-corrected chi connectivity index (χ1v) is 12.6. The van der Waals surface area contributed by atoms with Gasteiger partial charge in [0.25, 0.3) is 0 Å². The molecule has 7 heteroatoms. The molecular weight excluding hydrogens is 458 g/mol. The van der Waals surface area contributed by atoms with Crippen molar-refractivity contribution in [3.63, 3.8) is 0 Å². The summed E-state index contributed by atoms with van der Waals surface area (Å²) in [6.07, 6.45) is -0.0650. The average molecular weight is 496 g/mol. The van der Waals surface area contributed by atoms with Crippen LogP contribution in [0.3, 0.4) is 0 Å². The van der Waals surface area contributed by atoms with E-state index in [4.69, 9.17) is 9.47 Å². The number of benzene rings is 2. The highest BCUT2D eigenvalue weighted by Gasteiger charge is 2.50. The van der Waals surface area contributed by atoms with Crippen LogP contribution in [0.15, 0.2) is 60.7 Å². The summed E-state index contributed by atoms with van der Waals surface area (Å²) in [7, 11) is 0. The van der Waals surface area contributed by atoms with Crippen LogP contribution in [0.1, 0.15) is 70.4 Å². The van der Waals surface area contributed by atoms with E-state index in [1.807, 2.05) is 36.4 Å². The second kappa shape index (κ2) is 12.2. The van der Waals surface area contributed by atoms with Gasteiger partial charge in [-0.1, -0.05) is 60.7 Å². The van der Waals surface area contributed by atoms with Crippen molar-refractivity contribution >= 4 is 18.0 Å². The van der Waals surface area contributed by atoms with Crippen molar-refractivity contribution < 1.29 is 29.0 Å². The Morgan fingerprint density at radius 1 is 1.00 bits per heavy atom. The monoisotopic (exact) mass is 495 g/mol. The topological polar surface area (TPSA) is 93.1 Å². The molecule has 3 rings (SSSR count). The summed E-state index contributed by atoms with van der Waals surface area (Å²) < 4.78 is 10.5. The van der Waals surface area contributed by atoms with Crippen LogP contribution in [0.2, 0.25) is 0 Å². The molecule has 3 atom stereocenters. The summed E-state index contributed by atoms with van der Waals surface area (Å²) in [5.41, 5.74) is 1.54. The second-order valence-electron chi connectivity index (χ2n) is 10.2. The van der Waals surface area contributed by atoms with Crippen LogP contribution in [0.4, 0.5) is 4.79 Å². The van der Waals surface area contributed by atoms with Gasteiger partial charge in [-0.15, -0.1) is 0 Å². The number of esters is 1. The maximum Gasteiger partial charge on any atom is 0.417 e. The zero-order chi connectivity index (χ0) is 26.3. The normalized spacial score (nSPS) is 18.8. The van der Waals surface area contributed by atoms with Crippen LogP contribution < -0.4 is 0 Å². The molecule has 2 aromatic rings. The van der Waals surface area contributed by atoms with Crippen molar-refractivity contribution in [2.75, 3.05) is 6.61 Å². The molecule has 1 aliphatic rings. The Morgan fingerprint density at radius 3 is 2.06 bits per heavy atom. The minimum atomic E-state index is -1.10. The Hall–Kier alpha value is -3.19. The van der Waals surface area contributed by atoms with Crippen molar-refractivity contribution in [2.45, 2.75) is 77.0 Å². The lowest BCUT2D eigenvalue weighted by molar-refractivity contribution is -0.151. The quantitative estimate of drug-likeness (QED) is 0.489. The van der Waals surface area contributed by atoms with Gasteiger partial charge in [-0.25, -0.2) is 14.5 Å². The summed E-state index contributed by atoms with van der Waals surface area (Å²) >= 11 is 0. The Morgan fingerprint density at radius 2 is 1.56 bits per heavy atom. The third-order valence-electron chi connectivity index (χ3n) is 6.35. The molecule has 0 radical (unpaired) electrons. The third kappa shape index (κ3) is 6.94. The molecule has 36 heavy (non-hydrogen) atoms. The molecule has 2 unspecified atom stereocenters. The van der Waals surface area contributed by atoms with Gasteiger partial charge in [0.2, 0.25) is 5.91 Å². The maximum atomic E-state index is 13.2. The molecule has 0 bridgehead atoms. The van der Waals surface area contributed by atoms with Crippen molar-refractivity contribution in [1.29, 1.82) is 0 Å². The molecule has 194 valence electrons. The van der Waals surface area contributed by atoms with Gasteiger partial charge < -0.3 is 14.6 Å². The van der Waals surface area contributed by atoms with Gasteiger partial charge in [-0.2, -0.15) is 0 Å². The lowest BCUT2D eigenvalue weighted by Gasteiger charge is -2.26. The van der Waals surface area contributed by atoms with Crippen molar-refractivity contribution in [1.82, 2.24) is 4.90 Å². The fourth-order valence-corrected chi connectivity index (χ4v) is 4.70. The Balaban J connectivity index is 1.70. The smallest absolute Gasteiger partial charge is 0.417 e. The average Bonchev–Trinajstić information content (AvgIpc) is 3.19. The number of aliphatic hydroxyl groups excluding tert-OH is 1. The molecular formula is C29H37NO6. The van der Waals surface area contributed by atoms with E-state index in [2.05, 4.69) is 24.3 Å². The number of hydrogen-bond donors (Lipinski definition) is 1. The fraction of sp³-hybridized carbons (Fsp3) is 0.483. The van der Waals surface area contributed by atoms with Crippen LogP contribution in [0.5, 0.6) is 0 Å². The summed E-state index contributed by atoms with van der Waals surface area (Å²) in [5, 5.41) is 11.0. The van der Waals surface area contributed by atoms with E-state index in [0.717, 1.165) is 11.3 Å². The molecule has 2 aromatic carbocycles. The van der Waals surface area contributed by atoms with Gasteiger partial charge in [-0.3, -0.25) is 4.79 Å². The predicted octanol–water partition coefficient (Wildman–Crippen LogP) is 5.07. The van der Waals surface area contributed by atoms with Crippen LogP contribution in [-0.2, 0) is 19.1 Å². The Kier molecular flexibility index (Phi) is 9.26. The van der Waals surface area contributed by atoms with E-state index < -0.39 is 41.6 Å². The number of carbonyl (C=O) groups excluding carboxylic acids is 3. The lowest BCUT2D eigenvalue weighted by atomic mass is 9.85. The first-order valence-electron chi connectivity index (χ1n) is 12.6. The second-order valence-corrected chi connectivity index (χ2v) is 10.2. The molecule has 1 saturated heterocycles. The number of hydrogen-bond acceptors (Lipinski definition) is 6. The van der Waals surface area contributed by atoms with E-state index in [1.165, 1.54) is 11.1 Å². The molecule has 0 aliphatic carbocycles. The van der Waals surface area contributed by atoms with Gasteiger partial charge in [0.15, 0.2) is 0 Å². The zero-order valence-electron chi connectivity index (χ0n) is 21.6. The van der Waals surface area contributed by atoms with Crippen LogP contribution in [0.25, 0.3) is 0 Å². The first kappa shape index (κ1) is 27.4. The highest BCUT2D eigenvalue weighted by molar-refractivity contribution is 6.01. The van der Waals surface area contributed by atoms with Gasteiger partial charge in [0.1, 0.15) is 11.6 Å². The minimum absolute atomic E-state index is 0.0128. The van der Waals surface area contributed by atoms with Crippen molar-refractivity contribution in [3.05, 3.63) is 71.8 Å². The van der Waals surface area contributed by atoms with E-state index in [-0.39, 0.29) is 18.9 Å². The van der Waals surface area contributed by atoms with Gasteiger partial charge in [0, 0.05) is 5.92 Å². The van der Waals surface area contributed by atoms with E-state index in [1.54, 1.807) is 27.7 Å². The highest BCUT2D eigenvalue weighted by atomic mass is 16.6. The predicted molar refractivity (Wildman–Crippen MR) is 136 cm³/mol. The van der Waals surface area contributed by atoms with E-state index >= 15 is 0 Å². The SMILES string of the molecule is CCOC(=O)[C@@H]1CC(C(O)CCCC(c2ccccc2)c2ccccc2)C(=O)N1C(=O)OC(C)(C)C. The third-order valence-corrected chi connectivity index (χ3v) is 6.35. The van der Waals surface area contributed by atoms with Crippen molar-refractivity contribution in [2.24, 2.45) is 5.92 Å². The minimum Gasteiger partial charge on any atom is -0.464 e. The number of ether oxygens (including phenoxy) is 2. The Labute approximate surface area is 213 Å². The van der Waals surface area contributed by atoms with Gasteiger partial charge >= 0.3 is 12.1 Å². The van der Waals surface area contributed by atoms with Crippen LogP contribution >= 0.6 is 0 Å². The number of likely N-dealkylation sites (tertiary alicyclic amines) is 1. The number of rotatable bonds is 9. The summed E-state index contributed by atoms with van der Waals surface area (Å²) in [6, 6.07) is 19.3. The molecule has 0 saturated carbocycles. The maximum absolute atomic E-state index is 13.2. The van der Waals surface area contributed by atoms with Crippen LogP contribution in [0, 0.1) is 5.92 Å². The van der Waals surface area contributed by atoms with Crippen molar-refractivity contribution in [3.8, 4) is 0 Å². The molecule has 1 aliphatic heterocycles. The molecule has 1 fully saturated rings.